The number of amides is 2. The maximum atomic E-state index is 11.5. The molecule has 0 aliphatic carbocycles. The molecule has 0 saturated carbocycles. The molecule has 1 atom stereocenters. The smallest absolute Gasteiger partial charge is 0.332 e. The lowest BCUT2D eigenvalue weighted by Gasteiger charge is -2.18. The Morgan fingerprint density at radius 3 is 2.73 bits per heavy atom. The van der Waals surface area contributed by atoms with Crippen LogP contribution in [0.15, 0.2) is 10.6 Å². The third kappa shape index (κ3) is 5.94. The van der Waals surface area contributed by atoms with Gasteiger partial charge in [-0.05, 0) is 29.3 Å². The van der Waals surface area contributed by atoms with Crippen molar-refractivity contribution < 1.29 is 29.1 Å². The second-order valence-corrected chi connectivity index (χ2v) is 5.50. The van der Waals surface area contributed by atoms with Gasteiger partial charge in [0.15, 0.2) is 12.0 Å². The molecule has 0 bridgehead atoms. The highest BCUT2D eigenvalue weighted by Crippen LogP contribution is 2.17. The molecule has 1 aliphatic rings. The zero-order chi connectivity index (χ0) is 16.7. The minimum Gasteiger partial charge on any atom is -0.370 e. The van der Waals surface area contributed by atoms with E-state index in [2.05, 4.69) is 21.2 Å². The summed E-state index contributed by atoms with van der Waals surface area (Å²) in [6.07, 6.45) is 0.675. The minimum absolute atomic E-state index is 0.0195. The molecule has 1 rings (SSSR count). The van der Waals surface area contributed by atoms with Gasteiger partial charge in [0.25, 0.3) is 5.91 Å². The molecule has 22 heavy (non-hydrogen) atoms. The summed E-state index contributed by atoms with van der Waals surface area (Å²) in [7, 11) is 0. The quantitative estimate of drug-likeness (QED) is 0.483. The Hall–Kier alpha value is -1.74. The Labute approximate surface area is 135 Å². The highest BCUT2D eigenvalue weighted by molar-refractivity contribution is 9.12. The zero-order valence-corrected chi connectivity index (χ0v) is 13.6. The van der Waals surface area contributed by atoms with Gasteiger partial charge in [-0.3, -0.25) is 14.4 Å². The number of halogens is 1. The molecule has 1 heterocycles. The minimum atomic E-state index is -1.09. The van der Waals surface area contributed by atoms with Crippen LogP contribution in [0, 0.1) is 0 Å². The van der Waals surface area contributed by atoms with Crippen molar-refractivity contribution in [1.29, 1.82) is 0 Å². The van der Waals surface area contributed by atoms with Gasteiger partial charge >= 0.3 is 5.97 Å². The SMILES string of the molecule is CC(=O)/C(Br)=C\C(=O)NCCCC(=O)ON1C(=O)CCC1O. The van der Waals surface area contributed by atoms with E-state index in [1.54, 1.807) is 0 Å². The summed E-state index contributed by atoms with van der Waals surface area (Å²) >= 11 is 2.95. The topological polar surface area (TPSA) is 113 Å². The second kappa shape index (κ2) is 8.64. The first-order chi connectivity index (χ1) is 10.3. The third-order valence-electron chi connectivity index (χ3n) is 2.78. The number of carbonyl (C=O) groups excluding carboxylic acids is 4. The van der Waals surface area contributed by atoms with Crippen molar-refractivity contribution >= 4 is 39.5 Å². The highest BCUT2D eigenvalue weighted by Gasteiger charge is 2.32. The number of hydroxylamine groups is 2. The summed E-state index contributed by atoms with van der Waals surface area (Å²) in [6.45, 7) is 1.52. The van der Waals surface area contributed by atoms with E-state index in [1.165, 1.54) is 6.92 Å². The number of aliphatic hydroxyl groups excluding tert-OH is 1. The standard InChI is InChI=1S/C13H17BrN2O6/c1-8(17)9(14)7-10(18)15-6-2-3-13(21)22-16-11(19)4-5-12(16)20/h7,11,19H,2-6H2,1H3,(H,15,18)/b9-7+. The molecule has 122 valence electrons. The number of hydrogen-bond donors (Lipinski definition) is 2. The summed E-state index contributed by atoms with van der Waals surface area (Å²) in [5.41, 5.74) is 0. The van der Waals surface area contributed by atoms with Crippen molar-refractivity contribution in [1.82, 2.24) is 10.4 Å². The Morgan fingerprint density at radius 2 is 2.18 bits per heavy atom. The Morgan fingerprint density at radius 1 is 1.50 bits per heavy atom. The molecule has 0 aromatic carbocycles. The fourth-order valence-electron chi connectivity index (χ4n) is 1.63. The number of ketones is 1. The molecular formula is C13H17BrN2O6. The number of allylic oxidation sites excluding steroid dienone is 1. The first kappa shape index (κ1) is 18.3. The van der Waals surface area contributed by atoms with Crippen LogP contribution < -0.4 is 5.32 Å². The average Bonchev–Trinajstić information content (AvgIpc) is 2.75. The van der Waals surface area contributed by atoms with Gasteiger partial charge in [-0.15, -0.1) is 5.06 Å². The Balaban J connectivity index is 2.23. The second-order valence-electron chi connectivity index (χ2n) is 4.65. The van der Waals surface area contributed by atoms with E-state index in [4.69, 9.17) is 4.84 Å². The predicted octanol–water partition coefficient (Wildman–Crippen LogP) is 0.150. The lowest BCUT2D eigenvalue weighted by molar-refractivity contribution is -0.220. The first-order valence-electron chi connectivity index (χ1n) is 6.68. The average molecular weight is 377 g/mol. The normalized spacial score (nSPS) is 18.3. The van der Waals surface area contributed by atoms with Gasteiger partial charge in [0.05, 0.1) is 4.48 Å². The van der Waals surface area contributed by atoms with E-state index in [0.29, 0.717) is 11.5 Å². The first-order valence-corrected chi connectivity index (χ1v) is 7.47. The van der Waals surface area contributed by atoms with Crippen LogP contribution in [0.1, 0.15) is 32.6 Å². The predicted molar refractivity (Wildman–Crippen MR) is 78.1 cm³/mol. The molecule has 9 heteroatoms. The number of Topliss-reactive ketones (excluding diaryl/α,β-unsaturated/α-hetero) is 1. The lowest BCUT2D eigenvalue weighted by Crippen LogP contribution is -2.35. The molecule has 2 N–H and O–H groups in total. The van der Waals surface area contributed by atoms with Gasteiger partial charge in [0.1, 0.15) is 0 Å². The van der Waals surface area contributed by atoms with Crippen molar-refractivity contribution in [2.45, 2.75) is 38.8 Å². The van der Waals surface area contributed by atoms with Crippen LogP contribution in [-0.4, -0.2) is 46.5 Å². The van der Waals surface area contributed by atoms with Gasteiger partial charge in [-0.1, -0.05) is 0 Å². The van der Waals surface area contributed by atoms with Gasteiger partial charge < -0.3 is 15.3 Å². The monoisotopic (exact) mass is 376 g/mol. The fourth-order valence-corrected chi connectivity index (χ4v) is 1.83. The summed E-state index contributed by atoms with van der Waals surface area (Å²) in [6, 6.07) is 0. The molecule has 1 aliphatic heterocycles. The molecule has 0 aromatic heterocycles. The zero-order valence-electron chi connectivity index (χ0n) is 12.0. The highest BCUT2D eigenvalue weighted by atomic mass is 79.9. The van der Waals surface area contributed by atoms with Crippen LogP contribution in [0.2, 0.25) is 0 Å². The van der Waals surface area contributed by atoms with E-state index in [-0.39, 0.29) is 36.1 Å². The largest absolute Gasteiger partial charge is 0.370 e. The van der Waals surface area contributed by atoms with Gasteiger partial charge in [-0.25, -0.2) is 4.79 Å². The Bertz CT molecular complexity index is 505. The summed E-state index contributed by atoms with van der Waals surface area (Å²) in [5, 5.41) is 12.6. The third-order valence-corrected chi connectivity index (χ3v) is 3.57. The van der Waals surface area contributed by atoms with Crippen molar-refractivity contribution in [3.05, 3.63) is 10.6 Å². The van der Waals surface area contributed by atoms with E-state index < -0.39 is 24.0 Å². The molecule has 8 nitrogen and oxygen atoms in total. The summed E-state index contributed by atoms with van der Waals surface area (Å²) < 4.78 is 0.158. The summed E-state index contributed by atoms with van der Waals surface area (Å²) in [4.78, 5) is 49.8. The van der Waals surface area contributed by atoms with E-state index in [1.807, 2.05) is 0 Å². The molecule has 1 fully saturated rings. The van der Waals surface area contributed by atoms with Crippen molar-refractivity contribution in [3.8, 4) is 0 Å². The maximum Gasteiger partial charge on any atom is 0.332 e. The van der Waals surface area contributed by atoms with Crippen LogP contribution in [-0.2, 0) is 24.0 Å². The fraction of sp³-hybridized carbons (Fsp3) is 0.538. The number of hydrogen-bond acceptors (Lipinski definition) is 6. The molecular weight excluding hydrogens is 360 g/mol. The molecule has 2 amide bonds. The molecule has 0 radical (unpaired) electrons. The number of carbonyl (C=O) groups is 4. The number of rotatable bonds is 7. The Kier molecular flexibility index (Phi) is 7.19. The van der Waals surface area contributed by atoms with Gasteiger partial charge in [0, 0.05) is 31.9 Å². The number of nitrogens with zero attached hydrogens (tertiary/aromatic N) is 1. The van der Waals surface area contributed by atoms with Gasteiger partial charge in [0.2, 0.25) is 5.91 Å². The molecule has 0 aromatic rings. The lowest BCUT2D eigenvalue weighted by atomic mass is 10.3. The van der Waals surface area contributed by atoms with Crippen LogP contribution in [0.25, 0.3) is 0 Å². The maximum absolute atomic E-state index is 11.5. The van der Waals surface area contributed by atoms with Crippen molar-refractivity contribution in [2.24, 2.45) is 0 Å². The van der Waals surface area contributed by atoms with Crippen LogP contribution >= 0.6 is 15.9 Å². The van der Waals surface area contributed by atoms with Crippen LogP contribution in [0.5, 0.6) is 0 Å². The van der Waals surface area contributed by atoms with Crippen molar-refractivity contribution in [3.63, 3.8) is 0 Å². The van der Waals surface area contributed by atoms with E-state index in [9.17, 15) is 24.3 Å². The van der Waals surface area contributed by atoms with E-state index >= 15 is 0 Å². The van der Waals surface area contributed by atoms with Crippen LogP contribution in [0.4, 0.5) is 0 Å². The number of aliphatic hydroxyl groups is 1. The van der Waals surface area contributed by atoms with Gasteiger partial charge in [-0.2, -0.15) is 0 Å². The molecule has 1 unspecified atom stereocenters. The molecule has 0 spiro atoms. The summed E-state index contributed by atoms with van der Waals surface area (Å²) in [5.74, 6) is -1.83. The van der Waals surface area contributed by atoms with Crippen molar-refractivity contribution in [2.75, 3.05) is 6.54 Å². The molecule has 1 saturated heterocycles. The van der Waals surface area contributed by atoms with Crippen LogP contribution in [0.3, 0.4) is 0 Å². The number of nitrogens with one attached hydrogen (secondary N) is 1. The van der Waals surface area contributed by atoms with E-state index in [0.717, 1.165) is 6.08 Å².